The number of methoxy groups -OCH3 is 6. The van der Waals surface area contributed by atoms with Crippen LogP contribution in [0.2, 0.25) is 0 Å². The fourth-order valence-corrected chi connectivity index (χ4v) is 6.34. The number of ether oxygens (including phenoxy) is 6. The molecule has 0 fully saturated rings. The number of rotatable bonds is 10. The summed E-state index contributed by atoms with van der Waals surface area (Å²) in [5, 5.41) is 9.44. The van der Waals surface area contributed by atoms with Gasteiger partial charge < -0.3 is 28.4 Å². The summed E-state index contributed by atoms with van der Waals surface area (Å²) in [5.74, 6) is 17.5. The van der Waals surface area contributed by atoms with E-state index in [-0.39, 0.29) is 0 Å². The van der Waals surface area contributed by atoms with Crippen molar-refractivity contribution in [1.29, 1.82) is 0 Å². The number of hydrogen-bond donors (Lipinski definition) is 0. The molecule has 282 valence electrons. The third-order valence-corrected chi connectivity index (χ3v) is 9.21. The molecule has 1 aromatic heterocycles. The Morgan fingerprint density at radius 3 is 1.09 bits per heavy atom. The van der Waals surface area contributed by atoms with E-state index in [0.29, 0.717) is 46.1 Å². The Balaban J connectivity index is 1.22. The van der Waals surface area contributed by atoms with Gasteiger partial charge >= 0.3 is 0 Å². The zero-order valence-electron chi connectivity index (χ0n) is 32.4. The van der Waals surface area contributed by atoms with E-state index in [1.54, 1.807) is 42.7 Å². The van der Waals surface area contributed by atoms with Gasteiger partial charge in [-0.15, -0.1) is 10.2 Å². The summed E-state index contributed by atoms with van der Waals surface area (Å²) in [6.07, 6.45) is 0. The zero-order chi connectivity index (χ0) is 39.7. The van der Waals surface area contributed by atoms with Crippen molar-refractivity contribution in [3.8, 4) is 97.8 Å². The van der Waals surface area contributed by atoms with Crippen molar-refractivity contribution < 1.29 is 28.4 Å². The average molecular weight is 754 g/mol. The Kier molecular flexibility index (Phi) is 11.4. The Morgan fingerprint density at radius 2 is 0.719 bits per heavy atom. The van der Waals surface area contributed by atoms with Crippen molar-refractivity contribution in [2.45, 2.75) is 0 Å². The van der Waals surface area contributed by atoms with Gasteiger partial charge in [-0.3, -0.25) is 4.57 Å². The summed E-state index contributed by atoms with van der Waals surface area (Å²) in [5.41, 5.74) is 8.05. The van der Waals surface area contributed by atoms with Crippen molar-refractivity contribution in [3.63, 3.8) is 0 Å². The molecule has 7 aromatic rings. The molecule has 0 spiro atoms. The van der Waals surface area contributed by atoms with Crippen LogP contribution in [0, 0.1) is 23.7 Å². The Bertz CT molecular complexity index is 2440. The molecule has 57 heavy (non-hydrogen) atoms. The smallest absolute Gasteiger partial charge is 0.203 e. The molecule has 7 rings (SSSR count). The molecule has 0 N–H and O–H groups in total. The first kappa shape index (κ1) is 37.7. The fraction of sp³-hybridized carbons (Fsp3) is 0.125. The van der Waals surface area contributed by atoms with Gasteiger partial charge in [0.05, 0.1) is 42.7 Å². The fourth-order valence-electron chi connectivity index (χ4n) is 6.34. The van der Waals surface area contributed by atoms with Crippen molar-refractivity contribution in [3.05, 3.63) is 150 Å². The third-order valence-electron chi connectivity index (χ3n) is 9.21. The van der Waals surface area contributed by atoms with Crippen molar-refractivity contribution in [2.24, 2.45) is 0 Å². The molecule has 0 aliphatic heterocycles. The van der Waals surface area contributed by atoms with Crippen LogP contribution in [0.1, 0.15) is 22.3 Å². The number of nitrogens with zero attached hydrogens (tertiary/aromatic N) is 3. The van der Waals surface area contributed by atoms with Gasteiger partial charge in [-0.05, 0) is 96.1 Å². The van der Waals surface area contributed by atoms with Crippen molar-refractivity contribution in [2.75, 3.05) is 42.7 Å². The Hall–Kier alpha value is -7.62. The van der Waals surface area contributed by atoms with Gasteiger partial charge in [-0.25, -0.2) is 0 Å². The van der Waals surface area contributed by atoms with Crippen LogP contribution >= 0.6 is 0 Å². The van der Waals surface area contributed by atoms with E-state index in [0.717, 1.165) is 50.2 Å². The first-order valence-corrected chi connectivity index (χ1v) is 17.9. The lowest BCUT2D eigenvalue weighted by molar-refractivity contribution is 0.324. The van der Waals surface area contributed by atoms with Crippen LogP contribution in [-0.4, -0.2) is 57.4 Å². The minimum absolute atomic E-state index is 0.519. The lowest BCUT2D eigenvalue weighted by Crippen LogP contribution is -2.00. The molecule has 6 aromatic carbocycles. The minimum atomic E-state index is 0.519. The van der Waals surface area contributed by atoms with Gasteiger partial charge in [0.25, 0.3) is 0 Å². The maximum atomic E-state index is 5.50. The molecular formula is C48H39N3O6. The highest BCUT2D eigenvalue weighted by atomic mass is 16.5. The molecule has 0 aliphatic rings. The lowest BCUT2D eigenvalue weighted by atomic mass is 10.1. The van der Waals surface area contributed by atoms with E-state index in [9.17, 15) is 0 Å². The number of benzene rings is 6. The summed E-state index contributed by atoms with van der Waals surface area (Å²) in [4.78, 5) is 0. The Labute approximate surface area is 332 Å². The molecule has 0 atom stereocenters. The van der Waals surface area contributed by atoms with E-state index in [4.69, 9.17) is 38.6 Å². The van der Waals surface area contributed by atoms with Crippen LogP contribution in [0.15, 0.2) is 127 Å². The SMILES string of the molecule is COc1cc(C#Cc2ccc(-c3nnc(-c4ccc(C#Cc5cc(OC)c(OC)c(OC)c5)cc4)n3-c3ccc(-c4ccccc4)cc3)cc2)cc(OC)c1OC. The predicted octanol–water partition coefficient (Wildman–Crippen LogP) is 9.12. The summed E-state index contributed by atoms with van der Waals surface area (Å²) >= 11 is 0. The van der Waals surface area contributed by atoms with E-state index in [2.05, 4.69) is 64.6 Å². The first-order chi connectivity index (χ1) is 28.0. The van der Waals surface area contributed by atoms with E-state index >= 15 is 0 Å². The maximum absolute atomic E-state index is 5.50. The van der Waals surface area contributed by atoms with Crippen molar-refractivity contribution in [1.82, 2.24) is 14.8 Å². The van der Waals surface area contributed by atoms with Crippen LogP contribution < -0.4 is 28.4 Å². The highest BCUT2D eigenvalue weighted by Gasteiger charge is 2.18. The standard InChI is InChI=1S/C48H39N3O6/c1-52-41-28-34(29-42(53-2)45(41)56-5)14-12-32-16-20-38(21-17-32)47-49-50-48(51(47)40-26-24-37(25-27-40)36-10-8-7-9-11-36)39-22-18-33(19-23-39)13-15-35-30-43(54-3)46(57-6)44(31-35)55-4/h7-11,16-31H,1-6H3. The molecule has 0 saturated carbocycles. The molecule has 9 heteroatoms. The first-order valence-electron chi connectivity index (χ1n) is 17.9. The van der Waals surface area contributed by atoms with E-state index in [1.807, 2.05) is 91.0 Å². The minimum Gasteiger partial charge on any atom is -0.493 e. The molecule has 1 heterocycles. The van der Waals surface area contributed by atoms with Crippen LogP contribution in [0.25, 0.3) is 39.6 Å². The molecule has 0 bridgehead atoms. The van der Waals surface area contributed by atoms with Gasteiger partial charge in [-0.2, -0.15) is 0 Å². The summed E-state index contributed by atoms with van der Waals surface area (Å²) < 4.78 is 35.0. The second kappa shape index (κ2) is 17.2. The quantitative estimate of drug-likeness (QED) is 0.128. The molecule has 0 unspecified atom stereocenters. The maximum Gasteiger partial charge on any atom is 0.203 e. The molecule has 0 amide bonds. The largest absolute Gasteiger partial charge is 0.493 e. The second-order valence-electron chi connectivity index (χ2n) is 12.6. The van der Waals surface area contributed by atoms with Crippen LogP contribution in [0.3, 0.4) is 0 Å². The molecule has 0 saturated heterocycles. The number of hydrogen-bond acceptors (Lipinski definition) is 8. The van der Waals surface area contributed by atoms with Gasteiger partial charge in [-0.1, -0.05) is 66.1 Å². The Morgan fingerprint density at radius 1 is 0.368 bits per heavy atom. The normalized spacial score (nSPS) is 10.4. The summed E-state index contributed by atoms with van der Waals surface area (Å²) in [7, 11) is 9.48. The highest BCUT2D eigenvalue weighted by Crippen LogP contribution is 2.39. The zero-order valence-corrected chi connectivity index (χ0v) is 32.4. The van der Waals surface area contributed by atoms with Gasteiger partial charge in [0, 0.05) is 39.1 Å². The van der Waals surface area contributed by atoms with Gasteiger partial charge in [0.1, 0.15) is 0 Å². The second-order valence-corrected chi connectivity index (χ2v) is 12.6. The van der Waals surface area contributed by atoms with Crippen molar-refractivity contribution >= 4 is 0 Å². The van der Waals surface area contributed by atoms with Gasteiger partial charge in [0.2, 0.25) is 11.5 Å². The third kappa shape index (κ3) is 8.10. The van der Waals surface area contributed by atoms with E-state index in [1.165, 1.54) is 0 Å². The van der Waals surface area contributed by atoms with Crippen LogP contribution in [0.5, 0.6) is 34.5 Å². The summed E-state index contributed by atoms with van der Waals surface area (Å²) in [6, 6.07) is 41.9. The monoisotopic (exact) mass is 753 g/mol. The van der Waals surface area contributed by atoms with Crippen LogP contribution in [0.4, 0.5) is 0 Å². The van der Waals surface area contributed by atoms with E-state index < -0.39 is 0 Å². The van der Waals surface area contributed by atoms with Crippen LogP contribution in [-0.2, 0) is 0 Å². The average Bonchev–Trinajstić information content (AvgIpc) is 3.72. The molecule has 9 nitrogen and oxygen atoms in total. The number of aromatic nitrogens is 3. The molecule has 0 radical (unpaired) electrons. The predicted molar refractivity (Wildman–Crippen MR) is 222 cm³/mol. The lowest BCUT2D eigenvalue weighted by Gasteiger charge is -2.12. The highest BCUT2D eigenvalue weighted by molar-refractivity contribution is 5.70. The topological polar surface area (TPSA) is 86.1 Å². The molecular weight excluding hydrogens is 715 g/mol. The summed E-state index contributed by atoms with van der Waals surface area (Å²) in [6.45, 7) is 0. The van der Waals surface area contributed by atoms with Gasteiger partial charge in [0.15, 0.2) is 34.6 Å². The molecule has 0 aliphatic carbocycles.